The standard InChI is InChI=1S/C12H18O2/c1-14-12(13)11-9-7-5-3-2-4-6-8-10-11/h7,9-10H,2-6,8H2,1H3/b9-7+,11-10+. The lowest BCUT2D eigenvalue weighted by atomic mass is 10.1. The third-order valence-electron chi connectivity index (χ3n) is 2.41. The Morgan fingerprint density at radius 2 is 1.93 bits per heavy atom. The first kappa shape index (κ1) is 11.0. The molecule has 78 valence electrons. The van der Waals surface area contributed by atoms with E-state index >= 15 is 0 Å². The van der Waals surface area contributed by atoms with Crippen LogP contribution in [0.15, 0.2) is 23.8 Å². The topological polar surface area (TPSA) is 26.3 Å². The molecule has 0 aromatic rings. The van der Waals surface area contributed by atoms with E-state index in [0.717, 1.165) is 12.8 Å². The molecule has 0 fully saturated rings. The number of hydrogen-bond donors (Lipinski definition) is 0. The molecule has 1 rings (SSSR count). The predicted octanol–water partition coefficient (Wildman–Crippen LogP) is 3.00. The van der Waals surface area contributed by atoms with Gasteiger partial charge in [0.1, 0.15) is 0 Å². The summed E-state index contributed by atoms with van der Waals surface area (Å²) in [6.07, 6.45) is 12.9. The summed E-state index contributed by atoms with van der Waals surface area (Å²) < 4.78 is 4.70. The quantitative estimate of drug-likeness (QED) is 0.600. The fraction of sp³-hybridized carbons (Fsp3) is 0.583. The van der Waals surface area contributed by atoms with Crippen LogP contribution < -0.4 is 0 Å². The van der Waals surface area contributed by atoms with E-state index in [2.05, 4.69) is 6.08 Å². The summed E-state index contributed by atoms with van der Waals surface area (Å²) in [6.45, 7) is 0. The Labute approximate surface area is 85.6 Å². The number of allylic oxidation sites excluding steroid dienone is 2. The zero-order valence-electron chi connectivity index (χ0n) is 8.79. The molecular weight excluding hydrogens is 176 g/mol. The molecule has 1 aliphatic rings. The van der Waals surface area contributed by atoms with E-state index in [9.17, 15) is 4.79 Å². The minimum Gasteiger partial charge on any atom is -0.465 e. The van der Waals surface area contributed by atoms with Crippen molar-refractivity contribution >= 4 is 5.97 Å². The van der Waals surface area contributed by atoms with Gasteiger partial charge >= 0.3 is 5.97 Å². The highest BCUT2D eigenvalue weighted by Crippen LogP contribution is 2.12. The Balaban J connectivity index is 2.62. The van der Waals surface area contributed by atoms with Gasteiger partial charge in [-0.2, -0.15) is 0 Å². The fourth-order valence-corrected chi connectivity index (χ4v) is 1.57. The summed E-state index contributed by atoms with van der Waals surface area (Å²) >= 11 is 0. The number of hydrogen-bond acceptors (Lipinski definition) is 2. The lowest BCUT2D eigenvalue weighted by Crippen LogP contribution is -2.02. The summed E-state index contributed by atoms with van der Waals surface area (Å²) in [7, 11) is 1.43. The first-order chi connectivity index (χ1) is 6.84. The normalized spacial score (nSPS) is 24.5. The average Bonchev–Trinajstić information content (AvgIpc) is 2.24. The summed E-state index contributed by atoms with van der Waals surface area (Å²) in [5.74, 6) is -0.221. The van der Waals surface area contributed by atoms with Crippen LogP contribution in [-0.2, 0) is 9.53 Å². The smallest absolute Gasteiger partial charge is 0.337 e. The molecule has 0 aromatic heterocycles. The van der Waals surface area contributed by atoms with Gasteiger partial charge in [0.15, 0.2) is 0 Å². The second-order valence-corrected chi connectivity index (χ2v) is 3.54. The van der Waals surface area contributed by atoms with Gasteiger partial charge in [-0.25, -0.2) is 4.79 Å². The maximum atomic E-state index is 11.3. The largest absolute Gasteiger partial charge is 0.465 e. The number of esters is 1. The molecule has 0 aromatic carbocycles. The molecule has 0 amide bonds. The molecule has 0 heterocycles. The molecular formula is C12H18O2. The third-order valence-corrected chi connectivity index (χ3v) is 2.41. The van der Waals surface area contributed by atoms with Crippen LogP contribution in [0.3, 0.4) is 0 Å². The highest BCUT2D eigenvalue weighted by atomic mass is 16.5. The molecule has 0 saturated carbocycles. The summed E-state index contributed by atoms with van der Waals surface area (Å²) in [4.78, 5) is 11.3. The molecule has 0 spiro atoms. The Morgan fingerprint density at radius 1 is 1.21 bits per heavy atom. The molecule has 0 aliphatic heterocycles. The molecule has 2 heteroatoms. The Bertz CT molecular complexity index is 239. The lowest BCUT2D eigenvalue weighted by molar-refractivity contribution is -0.135. The third kappa shape index (κ3) is 3.77. The molecule has 0 bridgehead atoms. The number of carbonyl (C=O) groups excluding carboxylic acids is 1. The molecule has 2 nitrogen and oxygen atoms in total. The Kier molecular flexibility index (Phi) is 5.05. The summed E-state index contributed by atoms with van der Waals surface area (Å²) in [5, 5.41) is 0. The van der Waals surface area contributed by atoms with Gasteiger partial charge in [-0.3, -0.25) is 0 Å². The van der Waals surface area contributed by atoms with Crippen LogP contribution in [-0.4, -0.2) is 13.1 Å². The van der Waals surface area contributed by atoms with Crippen molar-refractivity contribution in [2.24, 2.45) is 0 Å². The molecule has 1 aliphatic carbocycles. The number of ether oxygens (including phenoxy) is 1. The van der Waals surface area contributed by atoms with E-state index in [1.165, 1.54) is 32.8 Å². The molecule has 0 radical (unpaired) electrons. The fourth-order valence-electron chi connectivity index (χ4n) is 1.57. The van der Waals surface area contributed by atoms with Crippen LogP contribution in [0.5, 0.6) is 0 Å². The molecule has 0 atom stereocenters. The van der Waals surface area contributed by atoms with Crippen molar-refractivity contribution in [3.05, 3.63) is 23.8 Å². The van der Waals surface area contributed by atoms with Gasteiger partial charge in [0.25, 0.3) is 0 Å². The molecule has 0 N–H and O–H groups in total. The van der Waals surface area contributed by atoms with E-state index in [4.69, 9.17) is 4.74 Å². The monoisotopic (exact) mass is 194 g/mol. The van der Waals surface area contributed by atoms with E-state index in [-0.39, 0.29) is 5.97 Å². The first-order valence-electron chi connectivity index (χ1n) is 5.29. The highest BCUT2D eigenvalue weighted by molar-refractivity contribution is 5.91. The van der Waals surface area contributed by atoms with E-state index in [0.29, 0.717) is 5.57 Å². The number of rotatable bonds is 1. The number of methoxy groups -OCH3 is 1. The van der Waals surface area contributed by atoms with Crippen LogP contribution in [0, 0.1) is 0 Å². The van der Waals surface area contributed by atoms with Crippen molar-refractivity contribution in [3.63, 3.8) is 0 Å². The van der Waals surface area contributed by atoms with Crippen LogP contribution in [0.1, 0.15) is 38.5 Å². The van der Waals surface area contributed by atoms with E-state index < -0.39 is 0 Å². The minimum absolute atomic E-state index is 0.221. The molecule has 0 unspecified atom stereocenters. The van der Waals surface area contributed by atoms with Gasteiger partial charge in [-0.1, -0.05) is 31.1 Å². The van der Waals surface area contributed by atoms with Crippen LogP contribution >= 0.6 is 0 Å². The minimum atomic E-state index is -0.221. The van der Waals surface area contributed by atoms with E-state index in [1.54, 1.807) is 0 Å². The highest BCUT2D eigenvalue weighted by Gasteiger charge is 2.05. The summed E-state index contributed by atoms with van der Waals surface area (Å²) in [6, 6.07) is 0. The van der Waals surface area contributed by atoms with Crippen LogP contribution in [0.2, 0.25) is 0 Å². The van der Waals surface area contributed by atoms with Gasteiger partial charge in [0.2, 0.25) is 0 Å². The molecule has 0 saturated heterocycles. The maximum Gasteiger partial charge on any atom is 0.337 e. The van der Waals surface area contributed by atoms with Gasteiger partial charge in [0.05, 0.1) is 12.7 Å². The average molecular weight is 194 g/mol. The second kappa shape index (κ2) is 6.41. The number of carbonyl (C=O) groups is 1. The SMILES string of the molecule is COC(=O)C1=C/CCCCCC\C=C\1. The Morgan fingerprint density at radius 3 is 2.64 bits per heavy atom. The van der Waals surface area contributed by atoms with Crippen molar-refractivity contribution in [2.45, 2.75) is 38.5 Å². The zero-order valence-corrected chi connectivity index (χ0v) is 8.79. The van der Waals surface area contributed by atoms with Crippen molar-refractivity contribution in [1.82, 2.24) is 0 Å². The molecule has 14 heavy (non-hydrogen) atoms. The van der Waals surface area contributed by atoms with Gasteiger partial charge in [-0.05, 0) is 25.7 Å². The van der Waals surface area contributed by atoms with Crippen molar-refractivity contribution in [3.8, 4) is 0 Å². The predicted molar refractivity (Wildman–Crippen MR) is 56.9 cm³/mol. The van der Waals surface area contributed by atoms with Crippen molar-refractivity contribution in [1.29, 1.82) is 0 Å². The van der Waals surface area contributed by atoms with E-state index in [1.807, 2.05) is 12.2 Å². The van der Waals surface area contributed by atoms with Crippen LogP contribution in [0.25, 0.3) is 0 Å². The first-order valence-corrected chi connectivity index (χ1v) is 5.29. The second-order valence-electron chi connectivity index (χ2n) is 3.54. The lowest BCUT2D eigenvalue weighted by Gasteiger charge is -2.03. The van der Waals surface area contributed by atoms with Crippen LogP contribution in [0.4, 0.5) is 0 Å². The van der Waals surface area contributed by atoms with Gasteiger partial charge in [-0.15, -0.1) is 0 Å². The van der Waals surface area contributed by atoms with Gasteiger partial charge in [0, 0.05) is 0 Å². The van der Waals surface area contributed by atoms with Gasteiger partial charge < -0.3 is 4.74 Å². The maximum absolute atomic E-state index is 11.3. The Hall–Kier alpha value is -1.05. The van der Waals surface area contributed by atoms with Crippen molar-refractivity contribution in [2.75, 3.05) is 7.11 Å². The van der Waals surface area contributed by atoms with Crippen molar-refractivity contribution < 1.29 is 9.53 Å². The zero-order chi connectivity index (χ0) is 10.2. The summed E-state index contributed by atoms with van der Waals surface area (Å²) in [5.41, 5.74) is 0.703.